The van der Waals surface area contributed by atoms with Gasteiger partial charge in [0.2, 0.25) is 11.8 Å². The minimum Gasteiger partial charge on any atom is -0.459 e. The van der Waals surface area contributed by atoms with Crippen LogP contribution in [0.1, 0.15) is 53.4 Å². The highest BCUT2D eigenvalue weighted by Gasteiger charge is 2.55. The summed E-state index contributed by atoms with van der Waals surface area (Å²) in [5.74, 6) is -0.900. The molecule has 0 aromatic rings. The van der Waals surface area contributed by atoms with E-state index in [1.165, 1.54) is 26.0 Å². The number of nitrogens with one attached hydrogen (secondary N) is 2. The van der Waals surface area contributed by atoms with Gasteiger partial charge in [-0.05, 0) is 39.2 Å². The number of carbonyl (C=O) groups excluding carboxylic acids is 3. The fraction of sp³-hybridized carbons (Fsp3) is 0.667. The summed E-state index contributed by atoms with van der Waals surface area (Å²) in [4.78, 5) is 34.9. The molecule has 2 amide bonds. The highest BCUT2D eigenvalue weighted by atomic mass is 16.6. The average molecular weight is 521 g/mol. The van der Waals surface area contributed by atoms with Crippen molar-refractivity contribution in [2.45, 2.75) is 95.5 Å². The zero-order valence-corrected chi connectivity index (χ0v) is 22.1. The first-order valence-corrected chi connectivity index (χ1v) is 12.9. The number of epoxide rings is 1. The molecule has 0 aromatic carbocycles. The Hall–Kier alpha value is -2.53. The summed E-state index contributed by atoms with van der Waals surface area (Å²) in [7, 11) is 0. The number of amides is 2. The van der Waals surface area contributed by atoms with Gasteiger partial charge in [0.1, 0.15) is 23.9 Å². The maximum atomic E-state index is 12.4. The van der Waals surface area contributed by atoms with Gasteiger partial charge >= 0.3 is 5.97 Å². The second-order valence-electron chi connectivity index (χ2n) is 10.0. The number of aliphatic hydroxyl groups is 1. The van der Waals surface area contributed by atoms with E-state index in [1.807, 2.05) is 19.1 Å². The van der Waals surface area contributed by atoms with Crippen molar-refractivity contribution in [1.29, 1.82) is 0 Å². The van der Waals surface area contributed by atoms with E-state index >= 15 is 0 Å². The molecule has 3 heterocycles. The molecule has 37 heavy (non-hydrogen) atoms. The molecule has 206 valence electrons. The maximum absolute atomic E-state index is 12.4. The van der Waals surface area contributed by atoms with Crippen LogP contribution in [0.2, 0.25) is 0 Å². The Labute approximate surface area is 218 Å². The molecular formula is C27H40N2O8. The fourth-order valence-electron chi connectivity index (χ4n) is 4.60. The predicted octanol–water partition coefficient (Wildman–Crippen LogP) is 1.47. The van der Waals surface area contributed by atoms with Crippen LogP contribution in [0.4, 0.5) is 0 Å². The van der Waals surface area contributed by atoms with Gasteiger partial charge in [-0.2, -0.15) is 0 Å². The second-order valence-corrected chi connectivity index (χ2v) is 10.0. The summed E-state index contributed by atoms with van der Waals surface area (Å²) in [6.45, 7) is 7.85. The van der Waals surface area contributed by atoms with Crippen molar-refractivity contribution in [3.8, 4) is 0 Å². The molecule has 3 saturated heterocycles. The molecule has 0 bridgehead atoms. The Balaban J connectivity index is 1.52. The van der Waals surface area contributed by atoms with Crippen molar-refractivity contribution in [3.63, 3.8) is 0 Å². The average Bonchev–Trinajstić information content (AvgIpc) is 3.62. The minimum absolute atomic E-state index is 0.0607. The normalized spacial score (nSPS) is 32.9. The molecule has 10 nitrogen and oxygen atoms in total. The number of rotatable bonds is 10. The molecule has 1 spiro atoms. The number of allylic oxidation sites excluding steroid dienone is 2. The van der Waals surface area contributed by atoms with E-state index in [0.717, 1.165) is 18.4 Å². The lowest BCUT2D eigenvalue weighted by atomic mass is 9.92. The number of hydrogen-bond acceptors (Lipinski definition) is 8. The SMILES string of the molecule is CC(=O)NC[C@H]1O[C@@H](C/C=C(C)/C=C/C2OCC[C@@]3(CO3)[C@@H]2O)CC[C@H]1NC(=O)/C=C\[C@H](C)OC(C)=O. The van der Waals surface area contributed by atoms with Crippen LogP contribution in [-0.4, -0.2) is 84.8 Å². The third kappa shape index (κ3) is 9.07. The highest BCUT2D eigenvalue weighted by Crippen LogP contribution is 2.40. The Bertz CT molecular complexity index is 910. The lowest BCUT2D eigenvalue weighted by molar-refractivity contribution is -0.143. The molecule has 0 aliphatic carbocycles. The fourth-order valence-corrected chi connectivity index (χ4v) is 4.60. The Morgan fingerprint density at radius 1 is 1.19 bits per heavy atom. The first kappa shape index (κ1) is 29.0. The van der Waals surface area contributed by atoms with Gasteiger partial charge < -0.3 is 34.7 Å². The van der Waals surface area contributed by atoms with E-state index in [4.69, 9.17) is 18.9 Å². The second kappa shape index (κ2) is 13.3. The molecule has 10 heteroatoms. The van der Waals surface area contributed by atoms with Crippen LogP contribution in [0.3, 0.4) is 0 Å². The van der Waals surface area contributed by atoms with Crippen LogP contribution in [0.25, 0.3) is 0 Å². The van der Waals surface area contributed by atoms with Crippen molar-refractivity contribution in [2.75, 3.05) is 19.8 Å². The predicted molar refractivity (Wildman–Crippen MR) is 135 cm³/mol. The molecule has 3 rings (SSSR count). The van der Waals surface area contributed by atoms with Crippen LogP contribution in [-0.2, 0) is 33.3 Å². The van der Waals surface area contributed by atoms with Gasteiger partial charge in [-0.3, -0.25) is 14.4 Å². The van der Waals surface area contributed by atoms with Crippen LogP contribution >= 0.6 is 0 Å². The van der Waals surface area contributed by atoms with E-state index < -0.39 is 23.8 Å². The largest absolute Gasteiger partial charge is 0.459 e. The van der Waals surface area contributed by atoms with E-state index in [1.54, 1.807) is 6.92 Å². The van der Waals surface area contributed by atoms with Gasteiger partial charge in [0.05, 0.1) is 31.5 Å². The quantitative estimate of drug-likeness (QED) is 0.171. The highest BCUT2D eigenvalue weighted by molar-refractivity contribution is 5.87. The molecule has 1 unspecified atom stereocenters. The zero-order chi connectivity index (χ0) is 27.0. The molecule has 3 fully saturated rings. The number of ether oxygens (including phenoxy) is 4. The molecule has 0 aromatic heterocycles. The topological polar surface area (TPSA) is 136 Å². The van der Waals surface area contributed by atoms with Crippen LogP contribution in [0, 0.1) is 0 Å². The lowest BCUT2D eigenvalue weighted by Gasteiger charge is -2.36. The molecule has 3 aliphatic rings. The summed E-state index contributed by atoms with van der Waals surface area (Å²) >= 11 is 0. The van der Waals surface area contributed by atoms with Gasteiger partial charge in [0.15, 0.2) is 0 Å². The van der Waals surface area contributed by atoms with Gasteiger partial charge in [-0.1, -0.05) is 23.8 Å². The molecule has 0 radical (unpaired) electrons. The first-order valence-electron chi connectivity index (χ1n) is 12.9. The molecule has 3 N–H and O–H groups in total. The number of esters is 1. The molecule has 7 atom stereocenters. The van der Waals surface area contributed by atoms with E-state index in [9.17, 15) is 19.5 Å². The van der Waals surface area contributed by atoms with Crippen molar-refractivity contribution >= 4 is 17.8 Å². The van der Waals surface area contributed by atoms with Crippen molar-refractivity contribution in [1.82, 2.24) is 10.6 Å². The first-order chi connectivity index (χ1) is 17.6. The molecule has 3 aliphatic heterocycles. The standard InChI is InChI=1S/C27H40N2O8/c1-17(6-11-23-26(33)27(16-35-27)13-14-34-23)5-8-21-9-10-22(24(37-21)15-28-19(3)30)29-25(32)12-7-18(2)36-20(4)31/h5-7,11-12,18,21-24,26,33H,8-10,13-16H2,1-4H3,(H,28,30)(H,29,32)/b11-6+,12-7-,17-5+/t18-,21-,22+,23?,24+,26+,27+/m0/s1. The summed E-state index contributed by atoms with van der Waals surface area (Å²) in [5, 5.41) is 16.2. The zero-order valence-electron chi connectivity index (χ0n) is 22.1. The third-order valence-corrected chi connectivity index (χ3v) is 6.82. The van der Waals surface area contributed by atoms with Gasteiger partial charge in [0, 0.05) is 32.9 Å². The van der Waals surface area contributed by atoms with Crippen LogP contribution in [0.5, 0.6) is 0 Å². The maximum Gasteiger partial charge on any atom is 0.303 e. The molecule has 0 saturated carbocycles. The summed E-state index contributed by atoms with van der Waals surface area (Å²) in [5.41, 5.74) is 0.600. The van der Waals surface area contributed by atoms with E-state index in [0.29, 0.717) is 26.1 Å². The van der Waals surface area contributed by atoms with E-state index in [2.05, 4.69) is 16.7 Å². The van der Waals surface area contributed by atoms with Gasteiger partial charge in [0.25, 0.3) is 0 Å². The smallest absolute Gasteiger partial charge is 0.303 e. The minimum atomic E-state index is -0.659. The number of aliphatic hydroxyl groups excluding tert-OH is 1. The number of carbonyl (C=O) groups is 3. The Kier molecular flexibility index (Phi) is 10.5. The van der Waals surface area contributed by atoms with E-state index in [-0.39, 0.29) is 42.7 Å². The van der Waals surface area contributed by atoms with Gasteiger partial charge in [-0.15, -0.1) is 0 Å². The third-order valence-electron chi connectivity index (χ3n) is 6.82. The Morgan fingerprint density at radius 3 is 2.62 bits per heavy atom. The van der Waals surface area contributed by atoms with Crippen LogP contribution in [0.15, 0.2) is 36.0 Å². The van der Waals surface area contributed by atoms with Crippen molar-refractivity contribution in [3.05, 3.63) is 36.0 Å². The summed E-state index contributed by atoms with van der Waals surface area (Å²) < 4.78 is 22.4. The van der Waals surface area contributed by atoms with Crippen LogP contribution < -0.4 is 10.6 Å². The van der Waals surface area contributed by atoms with Gasteiger partial charge in [-0.25, -0.2) is 0 Å². The molecular weight excluding hydrogens is 480 g/mol. The van der Waals surface area contributed by atoms with Crippen molar-refractivity contribution in [2.24, 2.45) is 0 Å². The lowest BCUT2D eigenvalue weighted by Crippen LogP contribution is -2.53. The van der Waals surface area contributed by atoms with Crippen molar-refractivity contribution < 1.29 is 38.4 Å². The summed E-state index contributed by atoms with van der Waals surface area (Å²) in [6, 6.07) is -0.267. The summed E-state index contributed by atoms with van der Waals surface area (Å²) in [6.07, 6.45) is 9.60. The monoisotopic (exact) mass is 520 g/mol. The Morgan fingerprint density at radius 2 is 1.95 bits per heavy atom. The number of hydrogen-bond donors (Lipinski definition) is 3.